The summed E-state index contributed by atoms with van der Waals surface area (Å²) in [5.41, 5.74) is 2.36. The predicted octanol–water partition coefficient (Wildman–Crippen LogP) is 2.45. The van der Waals surface area contributed by atoms with E-state index >= 15 is 0 Å². The van der Waals surface area contributed by atoms with Crippen LogP contribution >= 0.6 is 11.8 Å². The van der Waals surface area contributed by atoms with E-state index in [0.717, 1.165) is 13.1 Å². The van der Waals surface area contributed by atoms with Gasteiger partial charge >= 0.3 is 0 Å². The molecule has 17 heavy (non-hydrogen) atoms. The fraction of sp³-hybridized carbons (Fsp3) is 0.615. The van der Waals surface area contributed by atoms with E-state index in [2.05, 4.69) is 40.0 Å². The molecule has 0 bridgehead atoms. The van der Waals surface area contributed by atoms with E-state index in [1.54, 1.807) is 0 Å². The van der Waals surface area contributed by atoms with Crippen LogP contribution in [0.3, 0.4) is 0 Å². The summed E-state index contributed by atoms with van der Waals surface area (Å²) in [6.07, 6.45) is 3.21. The summed E-state index contributed by atoms with van der Waals surface area (Å²) in [6.45, 7) is 6.47. The molecule has 2 rings (SSSR count). The summed E-state index contributed by atoms with van der Waals surface area (Å²) in [6, 6.07) is 4.20. The smallest absolute Gasteiger partial charge is 0.0564 e. The van der Waals surface area contributed by atoms with Gasteiger partial charge in [-0.1, -0.05) is 0 Å². The van der Waals surface area contributed by atoms with E-state index < -0.39 is 0 Å². The van der Waals surface area contributed by atoms with Gasteiger partial charge in [0.05, 0.1) is 5.69 Å². The molecule has 1 fully saturated rings. The quantitative estimate of drug-likeness (QED) is 0.890. The van der Waals surface area contributed by atoms with E-state index in [1.807, 2.05) is 12.3 Å². The molecule has 1 N–H and O–H groups in total. The summed E-state index contributed by atoms with van der Waals surface area (Å²) in [7, 11) is 0. The third-order valence-corrected chi connectivity index (χ3v) is 3.95. The van der Waals surface area contributed by atoms with Crippen LogP contribution in [0.2, 0.25) is 0 Å². The molecule has 4 heteroatoms. The van der Waals surface area contributed by atoms with Crippen molar-refractivity contribution in [3.05, 3.63) is 24.0 Å². The molecule has 1 aliphatic heterocycles. The first-order valence-corrected chi connectivity index (χ1v) is 7.53. The van der Waals surface area contributed by atoms with Crippen LogP contribution in [-0.4, -0.2) is 41.0 Å². The molecule has 2 heterocycles. The van der Waals surface area contributed by atoms with Crippen molar-refractivity contribution in [1.82, 2.24) is 9.88 Å². The number of nitrogens with one attached hydrogen (secondary N) is 1. The Bertz CT molecular complexity index is 335. The molecule has 0 amide bonds. The Labute approximate surface area is 108 Å². The summed E-state index contributed by atoms with van der Waals surface area (Å²) in [4.78, 5) is 6.97. The van der Waals surface area contributed by atoms with Gasteiger partial charge in [-0.15, -0.1) is 0 Å². The molecule has 0 unspecified atom stereocenters. The van der Waals surface area contributed by atoms with Crippen LogP contribution in [0.1, 0.15) is 19.0 Å². The first-order chi connectivity index (χ1) is 8.38. The van der Waals surface area contributed by atoms with Gasteiger partial charge in [0.2, 0.25) is 0 Å². The van der Waals surface area contributed by atoms with Gasteiger partial charge in [0.15, 0.2) is 0 Å². The van der Waals surface area contributed by atoms with Gasteiger partial charge in [0.1, 0.15) is 0 Å². The van der Waals surface area contributed by atoms with Crippen LogP contribution in [-0.2, 0) is 6.54 Å². The van der Waals surface area contributed by atoms with Crippen molar-refractivity contribution in [3.8, 4) is 0 Å². The SMILES string of the molecule is CCNc1ccnc(CN2CCCSCC2)c1. The lowest BCUT2D eigenvalue weighted by Crippen LogP contribution is -2.25. The lowest BCUT2D eigenvalue weighted by molar-refractivity contribution is 0.284. The van der Waals surface area contributed by atoms with Crippen LogP contribution in [0.4, 0.5) is 5.69 Å². The zero-order chi connectivity index (χ0) is 11.9. The van der Waals surface area contributed by atoms with Gasteiger partial charge in [-0.25, -0.2) is 0 Å². The maximum absolute atomic E-state index is 4.46. The second-order valence-corrected chi connectivity index (χ2v) is 5.53. The number of nitrogens with zero attached hydrogens (tertiary/aromatic N) is 2. The minimum atomic E-state index is 0.962. The largest absolute Gasteiger partial charge is 0.385 e. The topological polar surface area (TPSA) is 28.2 Å². The number of rotatable bonds is 4. The third kappa shape index (κ3) is 4.21. The molecule has 0 aliphatic carbocycles. The molecule has 0 atom stereocenters. The zero-order valence-corrected chi connectivity index (χ0v) is 11.3. The number of aromatic nitrogens is 1. The molecule has 3 nitrogen and oxygen atoms in total. The zero-order valence-electron chi connectivity index (χ0n) is 10.5. The second-order valence-electron chi connectivity index (χ2n) is 4.31. The minimum absolute atomic E-state index is 0.962. The Morgan fingerprint density at radius 2 is 2.35 bits per heavy atom. The van der Waals surface area contributed by atoms with Crippen molar-refractivity contribution in [2.24, 2.45) is 0 Å². The summed E-state index contributed by atoms with van der Waals surface area (Å²) < 4.78 is 0. The average molecular weight is 251 g/mol. The van der Waals surface area contributed by atoms with Gasteiger partial charge < -0.3 is 5.32 Å². The molecule has 94 valence electrons. The lowest BCUT2D eigenvalue weighted by atomic mass is 10.3. The fourth-order valence-electron chi connectivity index (χ4n) is 2.06. The Morgan fingerprint density at radius 3 is 3.24 bits per heavy atom. The number of hydrogen-bond acceptors (Lipinski definition) is 4. The van der Waals surface area contributed by atoms with Crippen LogP contribution < -0.4 is 5.32 Å². The van der Waals surface area contributed by atoms with Crippen LogP contribution in [0.5, 0.6) is 0 Å². The first kappa shape index (κ1) is 12.7. The summed E-state index contributed by atoms with van der Waals surface area (Å²) in [5, 5.41) is 3.33. The molecule has 0 saturated carbocycles. The monoisotopic (exact) mass is 251 g/mol. The van der Waals surface area contributed by atoms with Crippen molar-refractivity contribution in [2.45, 2.75) is 19.9 Å². The third-order valence-electron chi connectivity index (χ3n) is 2.90. The van der Waals surface area contributed by atoms with Gasteiger partial charge in [-0.3, -0.25) is 9.88 Å². The summed E-state index contributed by atoms with van der Waals surface area (Å²) >= 11 is 2.07. The molecule has 1 aromatic rings. The molecule has 0 spiro atoms. The summed E-state index contributed by atoms with van der Waals surface area (Å²) in [5.74, 6) is 2.56. The lowest BCUT2D eigenvalue weighted by Gasteiger charge is -2.19. The Kier molecular flexibility index (Phi) is 5.13. The Hall–Kier alpha value is -0.740. The average Bonchev–Trinajstić information content (AvgIpc) is 2.59. The van der Waals surface area contributed by atoms with E-state index in [-0.39, 0.29) is 0 Å². The highest BCUT2D eigenvalue weighted by Crippen LogP contribution is 2.14. The van der Waals surface area contributed by atoms with E-state index in [0.29, 0.717) is 0 Å². The Morgan fingerprint density at radius 1 is 1.41 bits per heavy atom. The van der Waals surface area contributed by atoms with Gasteiger partial charge in [0.25, 0.3) is 0 Å². The Balaban J connectivity index is 1.94. The van der Waals surface area contributed by atoms with Crippen LogP contribution in [0.25, 0.3) is 0 Å². The highest BCUT2D eigenvalue weighted by molar-refractivity contribution is 7.99. The molecule has 1 aromatic heterocycles. The van der Waals surface area contributed by atoms with Gasteiger partial charge in [-0.2, -0.15) is 11.8 Å². The molecule has 0 radical (unpaired) electrons. The van der Waals surface area contributed by atoms with Crippen molar-refractivity contribution in [1.29, 1.82) is 0 Å². The second kappa shape index (κ2) is 6.87. The van der Waals surface area contributed by atoms with E-state index in [4.69, 9.17) is 0 Å². The highest BCUT2D eigenvalue weighted by atomic mass is 32.2. The van der Waals surface area contributed by atoms with Crippen molar-refractivity contribution < 1.29 is 0 Å². The molecular weight excluding hydrogens is 230 g/mol. The van der Waals surface area contributed by atoms with E-state index in [9.17, 15) is 0 Å². The highest BCUT2D eigenvalue weighted by Gasteiger charge is 2.10. The van der Waals surface area contributed by atoms with Gasteiger partial charge in [-0.05, 0) is 37.8 Å². The normalized spacial score (nSPS) is 17.7. The number of thioether (sulfide) groups is 1. The number of anilines is 1. The van der Waals surface area contributed by atoms with E-state index in [1.165, 1.54) is 42.4 Å². The van der Waals surface area contributed by atoms with Crippen LogP contribution in [0, 0.1) is 0 Å². The van der Waals surface area contributed by atoms with Crippen molar-refractivity contribution in [2.75, 3.05) is 36.5 Å². The van der Waals surface area contributed by atoms with Crippen LogP contribution in [0.15, 0.2) is 18.3 Å². The standard InChI is InChI=1S/C13H21N3S/c1-2-14-12-4-5-15-13(10-12)11-16-6-3-8-17-9-7-16/h4-5,10H,2-3,6-9,11H2,1H3,(H,14,15). The molecule has 0 aromatic carbocycles. The number of pyridine rings is 1. The van der Waals surface area contributed by atoms with Gasteiger partial charge in [0, 0.05) is 37.3 Å². The maximum atomic E-state index is 4.46. The van der Waals surface area contributed by atoms with Crippen molar-refractivity contribution in [3.63, 3.8) is 0 Å². The minimum Gasteiger partial charge on any atom is -0.385 e. The maximum Gasteiger partial charge on any atom is 0.0564 e. The molecule has 1 aliphatic rings. The fourth-order valence-corrected chi connectivity index (χ4v) is 2.99. The molecule has 1 saturated heterocycles. The van der Waals surface area contributed by atoms with Crippen molar-refractivity contribution >= 4 is 17.4 Å². The number of hydrogen-bond donors (Lipinski definition) is 1. The first-order valence-electron chi connectivity index (χ1n) is 6.37. The predicted molar refractivity (Wildman–Crippen MR) is 75.6 cm³/mol. The molecular formula is C13H21N3S.